The molecule has 0 atom stereocenters. The Kier molecular flexibility index (Phi) is 4.45. The van der Waals surface area contributed by atoms with Crippen LogP contribution in [0.25, 0.3) is 11.1 Å². The minimum absolute atomic E-state index is 0.111. The Bertz CT molecular complexity index is 1080. The van der Waals surface area contributed by atoms with E-state index in [1.54, 1.807) is 24.3 Å². The number of anilines is 1. The molecule has 0 radical (unpaired) electrons. The lowest BCUT2D eigenvalue weighted by Crippen LogP contribution is -2.20. The van der Waals surface area contributed by atoms with E-state index in [2.05, 4.69) is 17.0 Å². The number of para-hydroxylation sites is 1. The Hall–Kier alpha value is -2.70. The zero-order valence-electron chi connectivity index (χ0n) is 14.6. The van der Waals surface area contributed by atoms with Crippen molar-refractivity contribution in [3.63, 3.8) is 0 Å². The number of fused-ring (bicyclic) bond motifs is 1. The molecule has 1 aliphatic rings. The van der Waals surface area contributed by atoms with Gasteiger partial charge >= 0.3 is 0 Å². The van der Waals surface area contributed by atoms with Crippen LogP contribution in [0.5, 0.6) is 0 Å². The number of sulfonamides is 1. The Morgan fingerprint density at radius 2 is 1.67 bits per heavy atom. The maximum Gasteiger partial charge on any atom is 0.238 e. The summed E-state index contributed by atoms with van der Waals surface area (Å²) in [6.45, 7) is 1.54. The average Bonchev–Trinajstić information content (AvgIpc) is 3.05. The fourth-order valence-electron chi connectivity index (χ4n) is 3.56. The van der Waals surface area contributed by atoms with Gasteiger partial charge < -0.3 is 4.90 Å². The number of nitrogens with two attached hydrogens (primary N) is 1. The lowest BCUT2D eigenvalue weighted by molar-refractivity contribution is 0.597. The summed E-state index contributed by atoms with van der Waals surface area (Å²) in [5.74, 6) is -0.252. The van der Waals surface area contributed by atoms with E-state index in [9.17, 15) is 12.8 Å². The number of benzene rings is 3. The van der Waals surface area contributed by atoms with Crippen molar-refractivity contribution < 1.29 is 12.8 Å². The largest absolute Gasteiger partial charge is 0.366 e. The van der Waals surface area contributed by atoms with E-state index in [4.69, 9.17) is 5.14 Å². The van der Waals surface area contributed by atoms with Crippen molar-refractivity contribution in [2.24, 2.45) is 5.14 Å². The molecule has 0 saturated heterocycles. The van der Waals surface area contributed by atoms with Crippen molar-refractivity contribution in [3.8, 4) is 11.1 Å². The second kappa shape index (κ2) is 6.79. The Labute approximate surface area is 158 Å². The number of hydrogen-bond donors (Lipinski definition) is 1. The number of nitrogens with zero attached hydrogens (tertiary/aromatic N) is 1. The van der Waals surface area contributed by atoms with Gasteiger partial charge in [0.1, 0.15) is 5.82 Å². The van der Waals surface area contributed by atoms with Crippen LogP contribution in [0.4, 0.5) is 10.1 Å². The molecule has 138 valence electrons. The van der Waals surface area contributed by atoms with Crippen LogP contribution in [0.2, 0.25) is 0 Å². The van der Waals surface area contributed by atoms with Gasteiger partial charge in [-0.1, -0.05) is 42.5 Å². The van der Waals surface area contributed by atoms with Crippen LogP contribution in [0, 0.1) is 5.82 Å². The van der Waals surface area contributed by atoms with Crippen LogP contribution >= 0.6 is 0 Å². The molecule has 0 amide bonds. The highest BCUT2D eigenvalue weighted by molar-refractivity contribution is 7.89. The zero-order chi connectivity index (χ0) is 19.0. The number of rotatable bonds is 4. The van der Waals surface area contributed by atoms with Crippen molar-refractivity contribution in [2.75, 3.05) is 11.4 Å². The van der Waals surface area contributed by atoms with Gasteiger partial charge in [-0.05, 0) is 47.4 Å². The van der Waals surface area contributed by atoms with Gasteiger partial charge in [0, 0.05) is 24.3 Å². The van der Waals surface area contributed by atoms with Crippen molar-refractivity contribution >= 4 is 15.7 Å². The third-order valence-electron chi connectivity index (χ3n) is 4.87. The van der Waals surface area contributed by atoms with Gasteiger partial charge in [0.25, 0.3) is 0 Å². The summed E-state index contributed by atoms with van der Waals surface area (Å²) in [5, 5.41) is 5.16. The van der Waals surface area contributed by atoms with Gasteiger partial charge in [-0.25, -0.2) is 17.9 Å². The normalized spacial score (nSPS) is 13.6. The Morgan fingerprint density at radius 3 is 2.33 bits per heavy atom. The van der Waals surface area contributed by atoms with Crippen LogP contribution in [-0.4, -0.2) is 15.0 Å². The van der Waals surface area contributed by atoms with E-state index >= 15 is 0 Å². The van der Waals surface area contributed by atoms with E-state index in [1.807, 2.05) is 6.07 Å². The first-order valence-corrected chi connectivity index (χ1v) is 10.2. The molecule has 2 N–H and O–H groups in total. The second-order valence-corrected chi connectivity index (χ2v) is 8.24. The smallest absolute Gasteiger partial charge is 0.238 e. The molecule has 0 saturated carbocycles. The molecule has 27 heavy (non-hydrogen) atoms. The fraction of sp³-hybridized carbons (Fsp3) is 0.143. The summed E-state index contributed by atoms with van der Waals surface area (Å²) in [7, 11) is -3.69. The maximum atomic E-state index is 13.3. The summed E-state index contributed by atoms with van der Waals surface area (Å²) < 4.78 is 36.1. The van der Waals surface area contributed by atoms with Gasteiger partial charge in [-0.15, -0.1) is 0 Å². The maximum absolute atomic E-state index is 13.3. The summed E-state index contributed by atoms with van der Waals surface area (Å²) >= 11 is 0. The second-order valence-electron chi connectivity index (χ2n) is 6.68. The summed E-state index contributed by atoms with van der Waals surface area (Å²) in [6.07, 6.45) is 0.944. The number of hydrogen-bond acceptors (Lipinski definition) is 3. The van der Waals surface area contributed by atoms with Crippen LogP contribution in [0.3, 0.4) is 0 Å². The molecule has 0 spiro atoms. The molecule has 1 heterocycles. The molecule has 0 fully saturated rings. The standard InChI is InChI=1S/C21H19FN2O2S/c22-18-8-6-16(7-9-18)20-3-1-2-17-12-13-24(21(17)20)14-15-4-10-19(11-5-15)27(23,25)26/h1-11H,12-14H2,(H2,23,25,26). The van der Waals surface area contributed by atoms with Crippen LogP contribution < -0.4 is 10.0 Å². The van der Waals surface area contributed by atoms with E-state index in [0.717, 1.165) is 35.3 Å². The predicted octanol–water partition coefficient (Wildman–Crippen LogP) is 3.70. The van der Waals surface area contributed by atoms with Gasteiger partial charge in [0.05, 0.1) is 4.90 Å². The highest BCUT2D eigenvalue weighted by Gasteiger charge is 2.23. The molecule has 0 aromatic heterocycles. The van der Waals surface area contributed by atoms with Gasteiger partial charge in [0.2, 0.25) is 10.0 Å². The first-order valence-electron chi connectivity index (χ1n) is 8.66. The molecule has 0 bridgehead atoms. The molecule has 0 aliphatic carbocycles. The molecular formula is C21H19FN2O2S. The number of primary sulfonamides is 1. The Morgan fingerprint density at radius 1 is 0.963 bits per heavy atom. The highest BCUT2D eigenvalue weighted by Crippen LogP contribution is 2.39. The molecule has 1 aliphatic heterocycles. The van der Waals surface area contributed by atoms with Gasteiger partial charge in [-0.2, -0.15) is 0 Å². The molecule has 6 heteroatoms. The van der Waals surface area contributed by atoms with Crippen LogP contribution in [0.1, 0.15) is 11.1 Å². The molecule has 4 rings (SSSR count). The van der Waals surface area contributed by atoms with E-state index < -0.39 is 10.0 Å². The SMILES string of the molecule is NS(=O)(=O)c1ccc(CN2CCc3cccc(-c4ccc(F)cc4)c32)cc1. The van der Waals surface area contributed by atoms with Gasteiger partial charge in [0.15, 0.2) is 0 Å². The van der Waals surface area contributed by atoms with Crippen LogP contribution in [0.15, 0.2) is 71.6 Å². The Balaban J connectivity index is 1.66. The van der Waals surface area contributed by atoms with E-state index in [-0.39, 0.29) is 10.7 Å². The minimum atomic E-state index is -3.69. The highest BCUT2D eigenvalue weighted by atomic mass is 32.2. The zero-order valence-corrected chi connectivity index (χ0v) is 15.4. The van der Waals surface area contributed by atoms with E-state index in [0.29, 0.717) is 6.54 Å². The van der Waals surface area contributed by atoms with Crippen molar-refractivity contribution in [3.05, 3.63) is 83.7 Å². The van der Waals surface area contributed by atoms with E-state index in [1.165, 1.54) is 29.8 Å². The monoisotopic (exact) mass is 382 g/mol. The topological polar surface area (TPSA) is 63.4 Å². The lowest BCUT2D eigenvalue weighted by atomic mass is 10.00. The summed E-state index contributed by atoms with van der Waals surface area (Å²) in [4.78, 5) is 2.39. The first kappa shape index (κ1) is 17.7. The third-order valence-corrected chi connectivity index (χ3v) is 5.80. The summed E-state index contributed by atoms with van der Waals surface area (Å²) in [6, 6.07) is 19.4. The lowest BCUT2D eigenvalue weighted by Gasteiger charge is -2.23. The quantitative estimate of drug-likeness (QED) is 0.748. The molecule has 4 nitrogen and oxygen atoms in total. The number of halogens is 1. The van der Waals surface area contributed by atoms with Crippen molar-refractivity contribution in [2.45, 2.75) is 17.9 Å². The fourth-order valence-corrected chi connectivity index (χ4v) is 4.07. The molecule has 3 aromatic carbocycles. The third kappa shape index (κ3) is 3.59. The molecule has 3 aromatic rings. The van der Waals surface area contributed by atoms with Crippen molar-refractivity contribution in [1.29, 1.82) is 0 Å². The first-order chi connectivity index (χ1) is 12.9. The predicted molar refractivity (Wildman–Crippen MR) is 104 cm³/mol. The van der Waals surface area contributed by atoms with Crippen molar-refractivity contribution in [1.82, 2.24) is 0 Å². The minimum Gasteiger partial charge on any atom is -0.366 e. The average molecular weight is 382 g/mol. The van der Waals surface area contributed by atoms with Gasteiger partial charge in [-0.3, -0.25) is 0 Å². The van der Waals surface area contributed by atoms with Crippen LogP contribution in [-0.2, 0) is 23.0 Å². The summed E-state index contributed by atoms with van der Waals surface area (Å²) in [5.41, 5.74) is 5.47. The molecule has 0 unspecified atom stereocenters. The molecular weight excluding hydrogens is 363 g/mol.